The number of carbonyl (C=O) groups is 1. The zero-order valence-electron chi connectivity index (χ0n) is 12.5. The number of hydrogen-bond donors (Lipinski definition) is 2. The number of ether oxygens (including phenoxy) is 3. The first-order chi connectivity index (χ1) is 11.6. The second kappa shape index (κ2) is 7.51. The maximum atomic E-state index is 11.8. The Kier molecular flexibility index (Phi) is 5.17. The van der Waals surface area contributed by atoms with Gasteiger partial charge in [0.25, 0.3) is 0 Å². The molecule has 0 saturated carbocycles. The third-order valence-electron chi connectivity index (χ3n) is 3.12. The average Bonchev–Trinajstić information content (AvgIpc) is 2.98. The summed E-state index contributed by atoms with van der Waals surface area (Å²) in [5, 5.41) is 6.22. The molecule has 24 heavy (non-hydrogen) atoms. The van der Waals surface area contributed by atoms with E-state index in [9.17, 15) is 4.79 Å². The molecular weight excluding hydrogens is 355 g/mol. The lowest BCUT2D eigenvalue weighted by Crippen LogP contribution is -2.32. The van der Waals surface area contributed by atoms with Crippen molar-refractivity contribution >= 4 is 34.9 Å². The smallest absolute Gasteiger partial charge is 0.319 e. The number of rotatable bonds is 5. The minimum atomic E-state index is -0.373. The van der Waals surface area contributed by atoms with E-state index in [0.29, 0.717) is 46.1 Å². The first kappa shape index (κ1) is 16.5. The highest BCUT2D eigenvalue weighted by molar-refractivity contribution is 6.35. The fourth-order valence-electron chi connectivity index (χ4n) is 2.10. The van der Waals surface area contributed by atoms with E-state index in [-0.39, 0.29) is 12.8 Å². The van der Waals surface area contributed by atoms with Crippen LogP contribution in [-0.2, 0) is 0 Å². The number of anilines is 1. The summed E-state index contributed by atoms with van der Waals surface area (Å²) in [5.41, 5.74) is 0.515. The van der Waals surface area contributed by atoms with E-state index in [2.05, 4.69) is 10.6 Å². The number of urea groups is 1. The number of hydrogen-bond acceptors (Lipinski definition) is 4. The average molecular weight is 369 g/mol. The molecule has 6 nitrogen and oxygen atoms in total. The predicted molar refractivity (Wildman–Crippen MR) is 91.5 cm³/mol. The van der Waals surface area contributed by atoms with Crippen LogP contribution in [0.2, 0.25) is 10.0 Å². The zero-order valence-corrected chi connectivity index (χ0v) is 14.0. The molecule has 0 aromatic heterocycles. The van der Waals surface area contributed by atoms with Crippen LogP contribution in [0.15, 0.2) is 36.4 Å². The van der Waals surface area contributed by atoms with Gasteiger partial charge in [-0.2, -0.15) is 0 Å². The quantitative estimate of drug-likeness (QED) is 0.784. The molecule has 0 radical (unpaired) electrons. The molecule has 0 atom stereocenters. The van der Waals surface area contributed by atoms with Crippen LogP contribution >= 0.6 is 23.2 Å². The normalized spacial score (nSPS) is 11.9. The third kappa shape index (κ3) is 4.37. The van der Waals surface area contributed by atoms with Gasteiger partial charge in [-0.15, -0.1) is 0 Å². The summed E-state index contributed by atoms with van der Waals surface area (Å²) in [6.07, 6.45) is 0. The van der Waals surface area contributed by atoms with Gasteiger partial charge in [0.1, 0.15) is 12.4 Å². The van der Waals surface area contributed by atoms with Gasteiger partial charge < -0.3 is 24.8 Å². The minimum absolute atomic E-state index is 0.216. The van der Waals surface area contributed by atoms with E-state index in [1.54, 1.807) is 36.4 Å². The highest BCUT2D eigenvalue weighted by atomic mass is 35.5. The number of nitrogens with one attached hydrogen (secondary N) is 2. The van der Waals surface area contributed by atoms with Crippen LogP contribution in [0.1, 0.15) is 0 Å². The number of benzene rings is 2. The number of halogens is 2. The van der Waals surface area contributed by atoms with Crippen molar-refractivity contribution in [3.8, 4) is 17.2 Å². The molecule has 0 spiro atoms. The number of amides is 2. The molecular formula is C16H14Cl2N2O4. The maximum Gasteiger partial charge on any atom is 0.319 e. The van der Waals surface area contributed by atoms with Crippen LogP contribution in [0.25, 0.3) is 0 Å². The van der Waals surface area contributed by atoms with E-state index in [1.807, 2.05) is 0 Å². The summed E-state index contributed by atoms with van der Waals surface area (Å²) in [6.45, 7) is 0.853. The van der Waals surface area contributed by atoms with Crippen LogP contribution in [0, 0.1) is 0 Å². The van der Waals surface area contributed by atoms with Gasteiger partial charge in [0.15, 0.2) is 11.5 Å². The number of fused-ring (bicyclic) bond motifs is 1. The van der Waals surface area contributed by atoms with Crippen molar-refractivity contribution < 1.29 is 19.0 Å². The molecule has 0 fully saturated rings. The first-order valence-electron chi connectivity index (χ1n) is 7.13. The standard InChI is InChI=1S/C16H14Cl2N2O4/c17-10-5-11(18)7-12(6-10)20-16(21)19-3-4-22-13-1-2-14-15(8-13)24-9-23-14/h1-2,5-8H,3-4,9H2,(H2,19,20,21). The second-order valence-corrected chi connectivity index (χ2v) is 5.78. The maximum absolute atomic E-state index is 11.8. The molecule has 2 amide bonds. The van der Waals surface area contributed by atoms with Crippen molar-refractivity contribution in [2.75, 3.05) is 25.3 Å². The molecule has 8 heteroatoms. The first-order valence-corrected chi connectivity index (χ1v) is 7.89. The van der Waals surface area contributed by atoms with Crippen LogP contribution in [0.3, 0.4) is 0 Å². The van der Waals surface area contributed by atoms with Gasteiger partial charge in [0.05, 0.1) is 6.54 Å². The monoisotopic (exact) mass is 368 g/mol. The van der Waals surface area contributed by atoms with Gasteiger partial charge in [0.2, 0.25) is 6.79 Å². The van der Waals surface area contributed by atoms with E-state index in [4.69, 9.17) is 37.4 Å². The van der Waals surface area contributed by atoms with Crippen LogP contribution in [0.5, 0.6) is 17.2 Å². The van der Waals surface area contributed by atoms with Crippen molar-refractivity contribution in [2.45, 2.75) is 0 Å². The fraction of sp³-hybridized carbons (Fsp3) is 0.188. The zero-order chi connectivity index (χ0) is 16.9. The fourth-order valence-corrected chi connectivity index (χ4v) is 2.63. The molecule has 2 N–H and O–H groups in total. The van der Waals surface area contributed by atoms with Crippen LogP contribution in [0.4, 0.5) is 10.5 Å². The molecule has 0 aliphatic carbocycles. The van der Waals surface area contributed by atoms with Crippen molar-refractivity contribution in [2.24, 2.45) is 0 Å². The van der Waals surface area contributed by atoms with E-state index in [1.165, 1.54) is 0 Å². The second-order valence-electron chi connectivity index (χ2n) is 4.90. The third-order valence-corrected chi connectivity index (χ3v) is 3.56. The van der Waals surface area contributed by atoms with Crippen molar-refractivity contribution in [3.63, 3.8) is 0 Å². The molecule has 126 valence electrons. The van der Waals surface area contributed by atoms with E-state index >= 15 is 0 Å². The van der Waals surface area contributed by atoms with Gasteiger partial charge >= 0.3 is 6.03 Å². The minimum Gasteiger partial charge on any atom is -0.492 e. The molecule has 1 aliphatic heterocycles. The van der Waals surface area contributed by atoms with E-state index < -0.39 is 0 Å². The molecule has 0 saturated heterocycles. The molecule has 3 rings (SSSR count). The van der Waals surface area contributed by atoms with Crippen molar-refractivity contribution in [1.29, 1.82) is 0 Å². The Labute approximate surface area is 148 Å². The molecule has 2 aromatic carbocycles. The Morgan fingerprint density at radius 3 is 2.62 bits per heavy atom. The molecule has 0 unspecified atom stereocenters. The Morgan fingerprint density at radius 1 is 1.08 bits per heavy atom. The van der Waals surface area contributed by atoms with Crippen LogP contribution < -0.4 is 24.8 Å². The summed E-state index contributed by atoms with van der Waals surface area (Å²) in [5.74, 6) is 1.99. The van der Waals surface area contributed by atoms with Gasteiger partial charge in [-0.1, -0.05) is 23.2 Å². The molecule has 0 bridgehead atoms. The summed E-state index contributed by atoms with van der Waals surface area (Å²) < 4.78 is 16.0. The Bertz CT molecular complexity index is 735. The molecule has 1 aliphatic rings. The molecule has 1 heterocycles. The molecule has 2 aromatic rings. The van der Waals surface area contributed by atoms with Crippen LogP contribution in [-0.4, -0.2) is 26.0 Å². The van der Waals surface area contributed by atoms with E-state index in [0.717, 1.165) is 0 Å². The lowest BCUT2D eigenvalue weighted by Gasteiger charge is -2.10. The predicted octanol–water partition coefficient (Wildman–Crippen LogP) is 3.92. The SMILES string of the molecule is O=C(NCCOc1ccc2c(c1)OCO2)Nc1cc(Cl)cc(Cl)c1. The Balaban J connectivity index is 1.42. The van der Waals surface area contributed by atoms with Crippen molar-refractivity contribution in [1.82, 2.24) is 5.32 Å². The lowest BCUT2D eigenvalue weighted by molar-refractivity contribution is 0.173. The largest absolute Gasteiger partial charge is 0.492 e. The highest BCUT2D eigenvalue weighted by Gasteiger charge is 2.13. The van der Waals surface area contributed by atoms with Gasteiger partial charge in [0, 0.05) is 21.8 Å². The summed E-state index contributed by atoms with van der Waals surface area (Å²) >= 11 is 11.7. The lowest BCUT2D eigenvalue weighted by atomic mass is 10.3. The summed E-state index contributed by atoms with van der Waals surface area (Å²) in [6, 6.07) is 9.73. The van der Waals surface area contributed by atoms with Gasteiger partial charge in [-0.05, 0) is 30.3 Å². The topological polar surface area (TPSA) is 68.8 Å². The Hall–Kier alpha value is -2.31. The van der Waals surface area contributed by atoms with Gasteiger partial charge in [-0.3, -0.25) is 0 Å². The summed E-state index contributed by atoms with van der Waals surface area (Å²) in [7, 11) is 0. The van der Waals surface area contributed by atoms with Crippen molar-refractivity contribution in [3.05, 3.63) is 46.4 Å². The number of carbonyl (C=O) groups excluding carboxylic acids is 1. The highest BCUT2D eigenvalue weighted by Crippen LogP contribution is 2.34. The Morgan fingerprint density at radius 2 is 1.83 bits per heavy atom. The summed E-state index contributed by atoms with van der Waals surface area (Å²) in [4.78, 5) is 11.8. The van der Waals surface area contributed by atoms with Gasteiger partial charge in [-0.25, -0.2) is 4.79 Å².